The van der Waals surface area contributed by atoms with Crippen LogP contribution in [0.4, 0.5) is 0 Å². The number of rotatable bonds is 7. The van der Waals surface area contributed by atoms with E-state index in [0.29, 0.717) is 12.2 Å². The molecule has 0 unspecified atom stereocenters. The Labute approximate surface area is 207 Å². The number of hydroxylamine groups is 1. The van der Waals surface area contributed by atoms with Crippen LogP contribution in [0, 0.1) is 0 Å². The lowest BCUT2D eigenvalue weighted by Gasteiger charge is -2.39. The molecule has 3 rings (SSSR count). The van der Waals surface area contributed by atoms with Crippen molar-refractivity contribution in [2.75, 3.05) is 20.3 Å². The van der Waals surface area contributed by atoms with E-state index >= 15 is 0 Å². The minimum atomic E-state index is -4.06. The largest absolute Gasteiger partial charge is 0.497 e. The molecule has 1 amide bonds. The molecule has 2 N–H and O–H groups in total. The maximum Gasteiger partial charge on any atom is 0.262 e. The van der Waals surface area contributed by atoms with Gasteiger partial charge in [0.1, 0.15) is 11.8 Å². The van der Waals surface area contributed by atoms with Crippen molar-refractivity contribution in [2.24, 2.45) is 0 Å². The fourth-order valence-electron chi connectivity index (χ4n) is 3.83. The molecule has 0 saturated heterocycles. The van der Waals surface area contributed by atoms with E-state index in [1.54, 1.807) is 17.6 Å². The SMILES string of the molecule is COc1ccc(S(=O)(=O)N2CCc3sccc3[C@@H](CO[Si](C)(C)C(C)(C)C)[C@@H]2C(=O)NO)cc1. The summed E-state index contributed by atoms with van der Waals surface area (Å²) in [4.78, 5) is 14.1. The Kier molecular flexibility index (Phi) is 7.95. The highest BCUT2D eigenvalue weighted by atomic mass is 32.2. The van der Waals surface area contributed by atoms with Crippen molar-refractivity contribution < 1.29 is 27.6 Å². The van der Waals surface area contributed by atoms with Crippen LogP contribution < -0.4 is 10.2 Å². The van der Waals surface area contributed by atoms with Gasteiger partial charge in [-0.05, 0) is 65.8 Å². The Morgan fingerprint density at radius 3 is 2.44 bits per heavy atom. The first kappa shape index (κ1) is 26.8. The Morgan fingerprint density at radius 1 is 1.24 bits per heavy atom. The number of carbonyl (C=O) groups is 1. The van der Waals surface area contributed by atoms with Gasteiger partial charge in [0.15, 0.2) is 8.32 Å². The standard InChI is InChI=1S/C23H34N2O6S2Si/c1-23(2,3)34(5,6)31-15-19-18-12-14-32-20(18)11-13-25(21(19)22(26)24-27)33(28,29)17-9-7-16(30-4)8-10-17/h7-10,12,14,19,21,27H,11,13,15H2,1-6H3,(H,24,26)/t19-,21-/m1/s1. The van der Waals surface area contributed by atoms with Crippen LogP contribution >= 0.6 is 11.3 Å². The fourth-order valence-corrected chi connectivity index (χ4v) is 7.43. The highest BCUT2D eigenvalue weighted by Gasteiger charge is 2.46. The maximum absolute atomic E-state index is 13.7. The molecule has 11 heteroatoms. The van der Waals surface area contributed by atoms with Crippen molar-refractivity contribution >= 4 is 35.6 Å². The molecular weight excluding hydrogens is 492 g/mol. The highest BCUT2D eigenvalue weighted by Crippen LogP contribution is 2.41. The molecule has 188 valence electrons. The Balaban J connectivity index is 2.07. The molecule has 1 aromatic heterocycles. The summed E-state index contributed by atoms with van der Waals surface area (Å²) in [6, 6.07) is 6.83. The Hall–Kier alpha value is -1.76. The molecular formula is C23H34N2O6S2Si. The second-order valence-electron chi connectivity index (χ2n) is 9.94. The number of hydrogen-bond acceptors (Lipinski definition) is 7. The van der Waals surface area contributed by atoms with Crippen LogP contribution in [0.3, 0.4) is 0 Å². The van der Waals surface area contributed by atoms with Crippen LogP contribution in [0.2, 0.25) is 18.1 Å². The lowest BCUT2D eigenvalue weighted by Crippen LogP contribution is -2.53. The summed E-state index contributed by atoms with van der Waals surface area (Å²) in [5.74, 6) is -0.819. The number of benzene rings is 1. The van der Waals surface area contributed by atoms with Crippen LogP contribution in [0.5, 0.6) is 5.75 Å². The van der Waals surface area contributed by atoms with Crippen molar-refractivity contribution in [2.45, 2.75) is 62.2 Å². The summed E-state index contributed by atoms with van der Waals surface area (Å²) in [6.45, 7) is 10.9. The van der Waals surface area contributed by atoms with Crippen molar-refractivity contribution in [3.63, 3.8) is 0 Å². The first-order valence-electron chi connectivity index (χ1n) is 11.1. The lowest BCUT2D eigenvalue weighted by atomic mass is 9.93. The summed E-state index contributed by atoms with van der Waals surface area (Å²) in [5, 5.41) is 11.5. The van der Waals surface area contributed by atoms with Gasteiger partial charge in [-0.15, -0.1) is 11.3 Å². The van der Waals surface area contributed by atoms with E-state index < -0.39 is 36.2 Å². The highest BCUT2D eigenvalue weighted by molar-refractivity contribution is 7.89. The molecule has 0 aliphatic carbocycles. The van der Waals surface area contributed by atoms with Crippen LogP contribution in [0.1, 0.15) is 37.1 Å². The van der Waals surface area contributed by atoms with Gasteiger partial charge < -0.3 is 9.16 Å². The molecule has 0 bridgehead atoms. The van der Waals surface area contributed by atoms with Gasteiger partial charge in [-0.1, -0.05) is 20.8 Å². The minimum absolute atomic E-state index is 0.0540. The van der Waals surface area contributed by atoms with Gasteiger partial charge in [-0.3, -0.25) is 10.0 Å². The number of fused-ring (bicyclic) bond motifs is 1. The number of nitrogens with one attached hydrogen (secondary N) is 1. The van der Waals surface area contributed by atoms with Gasteiger partial charge in [0.2, 0.25) is 10.0 Å². The number of methoxy groups -OCH3 is 1. The Morgan fingerprint density at radius 2 is 1.88 bits per heavy atom. The summed E-state index contributed by atoms with van der Waals surface area (Å²) in [5.41, 5.74) is 2.60. The van der Waals surface area contributed by atoms with Crippen LogP contribution in [-0.2, 0) is 25.7 Å². The molecule has 2 aromatic rings. The lowest BCUT2D eigenvalue weighted by molar-refractivity contribution is -0.134. The monoisotopic (exact) mass is 526 g/mol. The number of amides is 1. The van der Waals surface area contributed by atoms with Crippen molar-refractivity contribution in [3.05, 3.63) is 46.2 Å². The second-order valence-corrected chi connectivity index (χ2v) is 17.6. The van der Waals surface area contributed by atoms with E-state index in [1.165, 1.54) is 34.9 Å². The normalized spacial score (nSPS) is 19.9. The van der Waals surface area contributed by atoms with Gasteiger partial charge in [-0.25, -0.2) is 13.9 Å². The number of nitrogens with zero attached hydrogens (tertiary/aromatic N) is 1. The van der Waals surface area contributed by atoms with Gasteiger partial charge in [-0.2, -0.15) is 4.31 Å². The molecule has 1 aromatic carbocycles. The average Bonchev–Trinajstić information content (AvgIpc) is 3.18. The Bertz CT molecular complexity index is 1110. The smallest absolute Gasteiger partial charge is 0.262 e. The van der Waals surface area contributed by atoms with E-state index in [1.807, 2.05) is 11.4 Å². The van der Waals surface area contributed by atoms with E-state index in [-0.39, 0.29) is 23.1 Å². The maximum atomic E-state index is 13.7. The quantitative estimate of drug-likeness (QED) is 0.321. The van der Waals surface area contributed by atoms with Gasteiger partial charge in [0.05, 0.1) is 12.0 Å². The molecule has 0 radical (unpaired) electrons. The summed E-state index contributed by atoms with van der Waals surface area (Å²) in [6.07, 6.45) is 0.466. The summed E-state index contributed by atoms with van der Waals surface area (Å²) in [7, 11) is -4.75. The number of hydrogen-bond donors (Lipinski definition) is 2. The molecule has 0 spiro atoms. The topological polar surface area (TPSA) is 105 Å². The predicted molar refractivity (Wildman–Crippen MR) is 135 cm³/mol. The minimum Gasteiger partial charge on any atom is -0.497 e. The third kappa shape index (κ3) is 5.24. The first-order chi connectivity index (χ1) is 15.8. The fraction of sp³-hybridized carbons (Fsp3) is 0.522. The zero-order valence-electron chi connectivity index (χ0n) is 20.5. The van der Waals surface area contributed by atoms with E-state index in [9.17, 15) is 18.4 Å². The van der Waals surface area contributed by atoms with Crippen molar-refractivity contribution in [1.29, 1.82) is 0 Å². The number of sulfonamides is 1. The van der Waals surface area contributed by atoms with Crippen molar-refractivity contribution in [1.82, 2.24) is 9.79 Å². The summed E-state index contributed by atoms with van der Waals surface area (Å²) < 4.78 is 40.3. The molecule has 1 aliphatic heterocycles. The van der Waals surface area contributed by atoms with Gasteiger partial charge in [0, 0.05) is 23.9 Å². The zero-order valence-corrected chi connectivity index (χ0v) is 23.1. The molecule has 0 saturated carbocycles. The third-order valence-electron chi connectivity index (χ3n) is 6.90. The molecule has 1 aliphatic rings. The van der Waals surface area contributed by atoms with Crippen LogP contribution in [0.15, 0.2) is 40.6 Å². The molecule has 2 heterocycles. The molecule has 0 fully saturated rings. The van der Waals surface area contributed by atoms with Gasteiger partial charge in [0.25, 0.3) is 5.91 Å². The zero-order chi connectivity index (χ0) is 25.3. The first-order valence-corrected chi connectivity index (χ1v) is 16.4. The average molecular weight is 527 g/mol. The van der Waals surface area contributed by atoms with Gasteiger partial charge >= 0.3 is 0 Å². The molecule has 34 heavy (non-hydrogen) atoms. The number of thiophene rings is 1. The van der Waals surface area contributed by atoms with Crippen LogP contribution in [-0.4, -0.2) is 58.5 Å². The van der Waals surface area contributed by atoms with E-state index in [2.05, 4.69) is 33.9 Å². The molecule has 8 nitrogen and oxygen atoms in total. The predicted octanol–water partition coefficient (Wildman–Crippen LogP) is 3.98. The van der Waals surface area contributed by atoms with Crippen LogP contribution in [0.25, 0.3) is 0 Å². The number of carbonyl (C=O) groups excluding carboxylic acids is 1. The third-order valence-corrected chi connectivity index (χ3v) is 14.3. The summed E-state index contributed by atoms with van der Waals surface area (Å²) >= 11 is 1.54. The second kappa shape index (κ2) is 10.1. The van der Waals surface area contributed by atoms with Crippen molar-refractivity contribution in [3.8, 4) is 5.75 Å². The number of ether oxygens (including phenoxy) is 1. The van der Waals surface area contributed by atoms with E-state index in [4.69, 9.17) is 9.16 Å². The van der Waals surface area contributed by atoms with E-state index in [0.717, 1.165) is 10.4 Å². The molecule has 2 atom stereocenters.